The summed E-state index contributed by atoms with van der Waals surface area (Å²) in [5, 5.41) is 7.34. The molecule has 0 radical (unpaired) electrons. The van der Waals surface area contributed by atoms with Gasteiger partial charge in [0.25, 0.3) is 5.56 Å². The summed E-state index contributed by atoms with van der Waals surface area (Å²) in [4.78, 5) is 32.7. The van der Waals surface area contributed by atoms with E-state index in [1.165, 1.54) is 23.1 Å². The number of aromatic amines is 1. The summed E-state index contributed by atoms with van der Waals surface area (Å²) in [6.07, 6.45) is 4.54. The van der Waals surface area contributed by atoms with Crippen molar-refractivity contribution < 1.29 is 18.7 Å². The van der Waals surface area contributed by atoms with Crippen LogP contribution in [0.3, 0.4) is 0 Å². The van der Waals surface area contributed by atoms with Gasteiger partial charge in [0.1, 0.15) is 11.5 Å². The Morgan fingerprint density at radius 2 is 1.79 bits per heavy atom. The number of rotatable bonds is 8. The minimum absolute atomic E-state index is 0.133. The number of nitrogens with zero attached hydrogens (tertiary/aromatic N) is 3. The molecule has 10 heteroatoms. The third kappa shape index (κ3) is 5.24. The molecule has 2 N–H and O–H groups in total. The van der Waals surface area contributed by atoms with Crippen LogP contribution in [-0.4, -0.2) is 39.9 Å². The Hall–Kier alpha value is -5.38. The summed E-state index contributed by atoms with van der Waals surface area (Å²) in [5.41, 5.74) is 2.05. The maximum Gasteiger partial charge on any atom is 0.252 e. The molecule has 38 heavy (non-hydrogen) atoms. The van der Waals surface area contributed by atoms with E-state index in [-0.39, 0.29) is 17.3 Å². The third-order valence-corrected chi connectivity index (χ3v) is 5.57. The highest BCUT2D eigenvalue weighted by atomic mass is 16.5. The van der Waals surface area contributed by atoms with Crippen LogP contribution >= 0.6 is 0 Å². The van der Waals surface area contributed by atoms with E-state index in [9.17, 15) is 9.59 Å². The summed E-state index contributed by atoms with van der Waals surface area (Å²) >= 11 is 0. The predicted molar refractivity (Wildman–Crippen MR) is 142 cm³/mol. The van der Waals surface area contributed by atoms with E-state index in [1.807, 2.05) is 30.3 Å². The lowest BCUT2D eigenvalue weighted by atomic mass is 10.1. The van der Waals surface area contributed by atoms with Crippen molar-refractivity contribution in [2.45, 2.75) is 0 Å². The second kappa shape index (κ2) is 10.7. The van der Waals surface area contributed by atoms with Gasteiger partial charge in [-0.2, -0.15) is 9.78 Å². The Morgan fingerprint density at radius 1 is 0.974 bits per heavy atom. The molecule has 0 atom stereocenters. The van der Waals surface area contributed by atoms with Crippen molar-refractivity contribution in [2.75, 3.05) is 19.5 Å². The van der Waals surface area contributed by atoms with Crippen molar-refractivity contribution in [3.05, 3.63) is 101 Å². The number of carbonyl (C=O) groups is 1. The Bertz CT molecular complexity index is 1650. The quantitative estimate of drug-likeness (QED) is 0.294. The molecule has 10 nitrogen and oxygen atoms in total. The molecule has 2 aromatic carbocycles. The number of methoxy groups -OCH3 is 2. The smallest absolute Gasteiger partial charge is 0.252 e. The van der Waals surface area contributed by atoms with Crippen LogP contribution in [0.4, 0.5) is 5.82 Å². The number of carbonyl (C=O) groups excluding carboxylic acids is 1. The first kappa shape index (κ1) is 24.3. The van der Waals surface area contributed by atoms with Gasteiger partial charge in [0, 0.05) is 23.8 Å². The summed E-state index contributed by atoms with van der Waals surface area (Å²) in [7, 11) is 3.10. The normalized spacial score (nSPS) is 11.0. The monoisotopic (exact) mass is 509 g/mol. The first-order valence-electron chi connectivity index (χ1n) is 11.6. The summed E-state index contributed by atoms with van der Waals surface area (Å²) in [6, 6.07) is 21.1. The molecule has 190 valence electrons. The van der Waals surface area contributed by atoms with Crippen LogP contribution in [0.2, 0.25) is 0 Å². The van der Waals surface area contributed by atoms with Gasteiger partial charge in [-0.05, 0) is 35.9 Å². The molecule has 5 aromatic rings. The zero-order valence-corrected chi connectivity index (χ0v) is 20.5. The van der Waals surface area contributed by atoms with E-state index in [1.54, 1.807) is 56.7 Å². The molecule has 0 spiro atoms. The van der Waals surface area contributed by atoms with Crippen molar-refractivity contribution >= 4 is 17.8 Å². The number of hydrogen-bond acceptors (Lipinski definition) is 7. The molecule has 0 aliphatic rings. The maximum atomic E-state index is 12.9. The van der Waals surface area contributed by atoms with Gasteiger partial charge in [0.2, 0.25) is 11.9 Å². The van der Waals surface area contributed by atoms with E-state index < -0.39 is 5.91 Å². The molecule has 0 aliphatic heterocycles. The molecular formula is C28H23N5O5. The number of aromatic nitrogens is 4. The minimum Gasteiger partial charge on any atom is -0.493 e. The molecule has 0 saturated heterocycles. The van der Waals surface area contributed by atoms with Gasteiger partial charge in [0.05, 0.1) is 26.2 Å². The fraction of sp³-hybridized carbons (Fsp3) is 0.0714. The molecule has 0 saturated carbocycles. The average Bonchev–Trinajstić information content (AvgIpc) is 3.62. The standard InChI is InChI=1S/C28H23N5O5/c1-36-23-12-10-18(15-24(23)37-2)11-13-26(34)30-25-16-21(22-9-6-14-38-22)32-33(25)28-29-20(17-27(35)31-28)19-7-4-3-5-8-19/h3-17H,1-2H3,(H,30,34)(H,29,31,35)/b13-11-. The molecule has 0 fully saturated rings. The van der Waals surface area contributed by atoms with Crippen LogP contribution in [0.1, 0.15) is 5.56 Å². The fourth-order valence-electron chi connectivity index (χ4n) is 3.77. The Morgan fingerprint density at radius 3 is 2.53 bits per heavy atom. The lowest BCUT2D eigenvalue weighted by molar-refractivity contribution is -0.111. The van der Waals surface area contributed by atoms with E-state index in [0.29, 0.717) is 28.6 Å². The van der Waals surface area contributed by atoms with Gasteiger partial charge in [-0.15, -0.1) is 0 Å². The number of benzene rings is 2. The van der Waals surface area contributed by atoms with Crippen molar-refractivity contribution in [1.29, 1.82) is 0 Å². The van der Waals surface area contributed by atoms with E-state index in [0.717, 1.165) is 11.1 Å². The van der Waals surface area contributed by atoms with Crippen molar-refractivity contribution in [2.24, 2.45) is 0 Å². The molecule has 0 unspecified atom stereocenters. The molecule has 3 aromatic heterocycles. The SMILES string of the molecule is COc1ccc(/C=C\C(=O)Nc2cc(-c3ccco3)nn2-c2nc(-c3ccccc3)cc(=O)[nH]2)cc1OC. The van der Waals surface area contributed by atoms with E-state index in [2.05, 4.69) is 20.4 Å². The topological polar surface area (TPSA) is 124 Å². The summed E-state index contributed by atoms with van der Waals surface area (Å²) in [5.74, 6) is 1.61. The maximum absolute atomic E-state index is 12.9. The number of H-pyrrole nitrogens is 1. The first-order valence-corrected chi connectivity index (χ1v) is 11.6. The number of amides is 1. The van der Waals surface area contributed by atoms with Gasteiger partial charge in [-0.3, -0.25) is 14.6 Å². The van der Waals surface area contributed by atoms with E-state index in [4.69, 9.17) is 13.9 Å². The Kier molecular flexibility index (Phi) is 6.85. The average molecular weight is 510 g/mol. The molecule has 0 bridgehead atoms. The predicted octanol–water partition coefficient (Wildman–Crippen LogP) is 4.55. The lowest BCUT2D eigenvalue weighted by Gasteiger charge is -2.09. The molecule has 0 aliphatic carbocycles. The van der Waals surface area contributed by atoms with Crippen LogP contribution in [0.25, 0.3) is 34.7 Å². The largest absolute Gasteiger partial charge is 0.493 e. The fourth-order valence-corrected chi connectivity index (χ4v) is 3.77. The van der Waals surface area contributed by atoms with Gasteiger partial charge < -0.3 is 19.2 Å². The van der Waals surface area contributed by atoms with Gasteiger partial charge in [-0.1, -0.05) is 36.4 Å². The highest BCUT2D eigenvalue weighted by molar-refractivity contribution is 6.01. The zero-order chi connectivity index (χ0) is 26.5. The van der Waals surface area contributed by atoms with Gasteiger partial charge in [0.15, 0.2) is 17.3 Å². The second-order valence-corrected chi connectivity index (χ2v) is 8.06. The van der Waals surface area contributed by atoms with Crippen LogP contribution in [0, 0.1) is 0 Å². The van der Waals surface area contributed by atoms with Crippen LogP contribution in [0.5, 0.6) is 11.5 Å². The first-order chi connectivity index (χ1) is 18.5. The highest BCUT2D eigenvalue weighted by Crippen LogP contribution is 2.28. The molecule has 1 amide bonds. The van der Waals surface area contributed by atoms with Crippen molar-refractivity contribution in [3.63, 3.8) is 0 Å². The number of anilines is 1. The Labute approximate surface area is 217 Å². The number of furan rings is 1. The van der Waals surface area contributed by atoms with Gasteiger partial charge >= 0.3 is 0 Å². The molecular weight excluding hydrogens is 486 g/mol. The second-order valence-electron chi connectivity index (χ2n) is 8.06. The van der Waals surface area contributed by atoms with Gasteiger partial charge in [-0.25, -0.2) is 4.98 Å². The zero-order valence-electron chi connectivity index (χ0n) is 20.5. The third-order valence-electron chi connectivity index (χ3n) is 5.57. The van der Waals surface area contributed by atoms with Crippen molar-refractivity contribution in [3.8, 4) is 40.2 Å². The Balaban J connectivity index is 1.48. The molecule has 5 rings (SSSR count). The number of nitrogens with one attached hydrogen (secondary N) is 2. The summed E-state index contributed by atoms with van der Waals surface area (Å²) < 4.78 is 17.4. The summed E-state index contributed by atoms with van der Waals surface area (Å²) in [6.45, 7) is 0. The van der Waals surface area contributed by atoms with Crippen molar-refractivity contribution in [1.82, 2.24) is 19.7 Å². The van der Waals surface area contributed by atoms with Crippen LogP contribution in [0.15, 0.2) is 94.3 Å². The van der Waals surface area contributed by atoms with Crippen LogP contribution < -0.4 is 20.3 Å². The number of hydrogen-bond donors (Lipinski definition) is 2. The van der Waals surface area contributed by atoms with E-state index >= 15 is 0 Å². The number of ether oxygens (including phenoxy) is 2. The van der Waals surface area contributed by atoms with Crippen LogP contribution in [-0.2, 0) is 4.79 Å². The minimum atomic E-state index is -0.423. The molecule has 3 heterocycles. The highest BCUT2D eigenvalue weighted by Gasteiger charge is 2.17. The lowest BCUT2D eigenvalue weighted by Crippen LogP contribution is -2.17.